The topological polar surface area (TPSA) is 110 Å². The maximum Gasteiger partial charge on any atom is 0.250 e. The summed E-state index contributed by atoms with van der Waals surface area (Å²) in [4.78, 5) is 23.5. The van der Waals surface area contributed by atoms with E-state index in [1.165, 1.54) is 6.20 Å². The van der Waals surface area contributed by atoms with Crippen LogP contribution in [-0.4, -0.2) is 52.1 Å². The summed E-state index contributed by atoms with van der Waals surface area (Å²) in [5.41, 5.74) is 5.29. The number of pyridine rings is 1. The van der Waals surface area contributed by atoms with E-state index in [1.807, 2.05) is 27.7 Å². The Labute approximate surface area is 153 Å². The lowest BCUT2D eigenvalue weighted by atomic mass is 10.1. The number of carbonyl (C=O) groups is 1. The molecule has 1 aliphatic rings. The molecule has 144 valence electrons. The minimum Gasteiger partial charge on any atom is -0.569 e. The molecule has 0 bridgehead atoms. The van der Waals surface area contributed by atoms with Crippen LogP contribution in [0, 0.1) is 5.21 Å². The highest BCUT2D eigenvalue weighted by Gasteiger charge is 2.28. The van der Waals surface area contributed by atoms with E-state index in [9.17, 15) is 10.0 Å². The average Bonchev–Trinajstić information content (AvgIpc) is 2.60. The molecule has 1 aromatic rings. The number of amides is 1. The Bertz CT molecular complexity index is 633. The molecule has 0 aromatic carbocycles. The second-order valence-electron chi connectivity index (χ2n) is 7.28. The van der Waals surface area contributed by atoms with Crippen LogP contribution in [0.1, 0.15) is 50.9 Å². The number of anilines is 1. The molecule has 26 heavy (non-hydrogen) atoms. The van der Waals surface area contributed by atoms with Crippen LogP contribution in [0.25, 0.3) is 0 Å². The SMILES string of the molecule is CCN(/[N+]([O-])=N\OC1CCN(c2ccc(C(N)=O)cn2)CC1)C(C)(C)C. The standard InChI is InChI=1S/C17H28N6O3/c1-5-22(17(2,3)4)23(25)20-26-14-8-10-21(11-9-14)15-7-6-13(12-19-15)16(18)24/h6-7,12,14H,5,8-11H2,1-4H3,(H2,18,24)/b23-20+. The number of nitrogens with zero attached hydrogens (tertiary/aromatic N) is 5. The fourth-order valence-corrected chi connectivity index (χ4v) is 2.91. The summed E-state index contributed by atoms with van der Waals surface area (Å²) < 4.78 is 0. The highest BCUT2D eigenvalue weighted by molar-refractivity contribution is 5.92. The van der Waals surface area contributed by atoms with Crippen molar-refractivity contribution in [2.45, 2.75) is 52.2 Å². The summed E-state index contributed by atoms with van der Waals surface area (Å²) >= 11 is 0. The first-order chi connectivity index (χ1) is 12.2. The summed E-state index contributed by atoms with van der Waals surface area (Å²) in [6.45, 7) is 9.77. The van der Waals surface area contributed by atoms with Crippen molar-refractivity contribution in [2.24, 2.45) is 11.0 Å². The second kappa shape index (κ2) is 8.20. The van der Waals surface area contributed by atoms with Crippen LogP contribution in [0.2, 0.25) is 0 Å². The highest BCUT2D eigenvalue weighted by atomic mass is 16.7. The first-order valence-electron chi connectivity index (χ1n) is 8.84. The van der Waals surface area contributed by atoms with Crippen molar-refractivity contribution in [2.75, 3.05) is 24.5 Å². The number of piperidine rings is 1. The molecule has 0 radical (unpaired) electrons. The van der Waals surface area contributed by atoms with E-state index in [4.69, 9.17) is 10.6 Å². The van der Waals surface area contributed by atoms with E-state index in [-0.39, 0.29) is 11.6 Å². The zero-order valence-corrected chi connectivity index (χ0v) is 15.9. The van der Waals surface area contributed by atoms with E-state index in [0.29, 0.717) is 17.1 Å². The number of carbonyl (C=O) groups excluding carboxylic acids is 1. The minimum absolute atomic E-state index is 0.105. The molecule has 1 aromatic heterocycles. The largest absolute Gasteiger partial charge is 0.569 e. The molecule has 0 aliphatic carbocycles. The Hall–Kier alpha value is -2.58. The maximum atomic E-state index is 12.1. The minimum atomic E-state index is -0.490. The van der Waals surface area contributed by atoms with Gasteiger partial charge >= 0.3 is 0 Å². The molecule has 9 nitrogen and oxygen atoms in total. The van der Waals surface area contributed by atoms with E-state index in [2.05, 4.69) is 15.2 Å². The smallest absolute Gasteiger partial charge is 0.250 e. The molecule has 2 heterocycles. The Kier molecular flexibility index (Phi) is 6.23. The monoisotopic (exact) mass is 364 g/mol. The van der Waals surface area contributed by atoms with E-state index >= 15 is 0 Å². The molecule has 0 atom stereocenters. The molecular formula is C17H28N6O3. The quantitative estimate of drug-likeness (QED) is 0.470. The molecular weight excluding hydrogens is 336 g/mol. The summed E-state index contributed by atoms with van der Waals surface area (Å²) in [5, 5.41) is 17.5. The molecule has 9 heteroatoms. The summed E-state index contributed by atoms with van der Waals surface area (Å²) in [6.07, 6.45) is 2.85. The van der Waals surface area contributed by atoms with E-state index < -0.39 is 5.91 Å². The van der Waals surface area contributed by atoms with Crippen LogP contribution in [0.5, 0.6) is 0 Å². The number of rotatable bonds is 6. The molecule has 2 N–H and O–H groups in total. The van der Waals surface area contributed by atoms with Crippen LogP contribution in [0.3, 0.4) is 0 Å². The second-order valence-corrected chi connectivity index (χ2v) is 7.28. The number of aromatic nitrogens is 1. The van der Waals surface area contributed by atoms with Gasteiger partial charge in [-0.05, 0) is 39.8 Å². The molecule has 1 amide bonds. The van der Waals surface area contributed by atoms with Gasteiger partial charge in [-0.1, -0.05) is 0 Å². The Morgan fingerprint density at radius 3 is 2.58 bits per heavy atom. The summed E-state index contributed by atoms with van der Waals surface area (Å²) in [5.74, 6) is 0.303. The van der Waals surface area contributed by atoms with Crippen LogP contribution in [0.15, 0.2) is 23.6 Å². The number of hydrazine groups is 1. The van der Waals surface area contributed by atoms with Crippen LogP contribution >= 0.6 is 0 Å². The lowest BCUT2D eigenvalue weighted by Gasteiger charge is -2.32. The van der Waals surface area contributed by atoms with Gasteiger partial charge in [0.25, 0.3) is 0 Å². The van der Waals surface area contributed by atoms with Gasteiger partial charge in [0, 0.05) is 32.1 Å². The summed E-state index contributed by atoms with van der Waals surface area (Å²) in [7, 11) is 0. The summed E-state index contributed by atoms with van der Waals surface area (Å²) in [6, 6.07) is 3.46. The highest BCUT2D eigenvalue weighted by Crippen LogP contribution is 2.20. The molecule has 0 saturated carbocycles. The Balaban J connectivity index is 1.88. The zero-order chi connectivity index (χ0) is 19.3. The first-order valence-corrected chi connectivity index (χ1v) is 8.84. The van der Waals surface area contributed by atoms with Crippen LogP contribution in [0.4, 0.5) is 5.82 Å². The Morgan fingerprint density at radius 2 is 2.12 bits per heavy atom. The predicted molar refractivity (Wildman–Crippen MR) is 97.3 cm³/mol. The average molecular weight is 364 g/mol. The Morgan fingerprint density at radius 1 is 1.46 bits per heavy atom. The van der Waals surface area contributed by atoms with Crippen LogP contribution in [-0.2, 0) is 4.84 Å². The van der Waals surface area contributed by atoms with Crippen molar-refractivity contribution < 1.29 is 14.6 Å². The number of hydrogen-bond acceptors (Lipinski definition) is 6. The third kappa shape index (κ3) is 4.96. The van der Waals surface area contributed by atoms with Gasteiger partial charge in [0.05, 0.1) is 22.6 Å². The van der Waals surface area contributed by atoms with Crippen molar-refractivity contribution in [3.05, 3.63) is 29.1 Å². The van der Waals surface area contributed by atoms with E-state index in [1.54, 1.807) is 17.1 Å². The lowest BCUT2D eigenvalue weighted by Crippen LogP contribution is -2.45. The van der Waals surface area contributed by atoms with Crippen molar-refractivity contribution in [1.29, 1.82) is 0 Å². The number of nitrogens with two attached hydrogens (primary N) is 1. The van der Waals surface area contributed by atoms with Crippen molar-refractivity contribution in [3.63, 3.8) is 0 Å². The van der Waals surface area contributed by atoms with Gasteiger partial charge in [0.2, 0.25) is 11.2 Å². The van der Waals surface area contributed by atoms with Gasteiger partial charge in [-0.15, -0.1) is 5.01 Å². The van der Waals surface area contributed by atoms with Gasteiger partial charge in [0.15, 0.2) is 0 Å². The fraction of sp³-hybridized carbons (Fsp3) is 0.647. The molecule has 0 unspecified atom stereocenters. The lowest BCUT2D eigenvalue weighted by molar-refractivity contribution is -0.725. The molecule has 2 rings (SSSR count). The maximum absolute atomic E-state index is 12.1. The van der Waals surface area contributed by atoms with Gasteiger partial charge in [-0.2, -0.15) is 0 Å². The van der Waals surface area contributed by atoms with Gasteiger partial charge in [0.1, 0.15) is 11.9 Å². The number of hydrogen-bond donors (Lipinski definition) is 1. The molecule has 1 aliphatic heterocycles. The molecule has 1 saturated heterocycles. The first kappa shape index (κ1) is 19.7. The van der Waals surface area contributed by atoms with E-state index in [0.717, 1.165) is 31.7 Å². The third-order valence-electron chi connectivity index (χ3n) is 4.34. The predicted octanol–water partition coefficient (Wildman–Crippen LogP) is 2.08. The molecule has 0 spiro atoms. The van der Waals surface area contributed by atoms with Gasteiger partial charge in [-0.25, -0.2) is 4.98 Å². The normalized spacial score (nSPS) is 16.5. The van der Waals surface area contributed by atoms with Gasteiger partial charge < -0.3 is 20.7 Å². The fourth-order valence-electron chi connectivity index (χ4n) is 2.91. The van der Waals surface area contributed by atoms with Crippen LogP contribution < -0.4 is 10.6 Å². The third-order valence-corrected chi connectivity index (χ3v) is 4.34. The van der Waals surface area contributed by atoms with Crippen molar-refractivity contribution >= 4 is 11.7 Å². The van der Waals surface area contributed by atoms with Gasteiger partial charge in [-0.3, -0.25) is 4.79 Å². The zero-order valence-electron chi connectivity index (χ0n) is 15.9. The van der Waals surface area contributed by atoms with Crippen molar-refractivity contribution in [3.8, 4) is 0 Å². The van der Waals surface area contributed by atoms with Crippen molar-refractivity contribution in [1.82, 2.24) is 9.99 Å². The number of primary amides is 1. The molecule has 1 fully saturated rings.